The molecule has 0 aliphatic rings. The van der Waals surface area contributed by atoms with E-state index in [0.717, 1.165) is 5.69 Å². The van der Waals surface area contributed by atoms with Gasteiger partial charge < -0.3 is 10.4 Å². The Kier molecular flexibility index (Phi) is 4.95. The highest BCUT2D eigenvalue weighted by molar-refractivity contribution is 7.89. The first-order valence-electron chi connectivity index (χ1n) is 6.18. The van der Waals surface area contributed by atoms with Gasteiger partial charge in [-0.2, -0.15) is 0 Å². The Labute approximate surface area is 115 Å². The van der Waals surface area contributed by atoms with Gasteiger partial charge >= 0.3 is 0 Å². The summed E-state index contributed by atoms with van der Waals surface area (Å²) >= 11 is 0. The summed E-state index contributed by atoms with van der Waals surface area (Å²) in [6.45, 7) is 7.26. The first-order valence-corrected chi connectivity index (χ1v) is 7.66. The van der Waals surface area contributed by atoms with Crippen LogP contribution < -0.4 is 10.0 Å². The molecule has 0 aliphatic carbocycles. The molecule has 0 heterocycles. The minimum absolute atomic E-state index is 0.0119. The molecule has 1 aromatic carbocycles. The van der Waals surface area contributed by atoms with Crippen LogP contribution in [0.2, 0.25) is 0 Å². The highest BCUT2D eigenvalue weighted by Gasteiger charge is 2.17. The van der Waals surface area contributed by atoms with Gasteiger partial charge in [-0.15, -0.1) is 0 Å². The molecule has 5 nitrogen and oxygen atoms in total. The Hall–Kier alpha value is -1.11. The van der Waals surface area contributed by atoms with Crippen LogP contribution in [0.4, 0.5) is 5.69 Å². The van der Waals surface area contributed by atoms with E-state index in [0.29, 0.717) is 0 Å². The lowest BCUT2D eigenvalue weighted by atomic mass is 10.1. The average molecular weight is 286 g/mol. The summed E-state index contributed by atoms with van der Waals surface area (Å²) in [4.78, 5) is 0.230. The maximum Gasteiger partial charge on any atom is 0.240 e. The quantitative estimate of drug-likeness (QED) is 0.741. The van der Waals surface area contributed by atoms with Crippen molar-refractivity contribution >= 4 is 15.7 Å². The van der Waals surface area contributed by atoms with E-state index in [2.05, 4.69) is 10.0 Å². The number of aliphatic hydroxyl groups excluding tert-OH is 1. The van der Waals surface area contributed by atoms with Gasteiger partial charge in [0.25, 0.3) is 0 Å². The smallest absolute Gasteiger partial charge is 0.240 e. The summed E-state index contributed by atoms with van der Waals surface area (Å²) in [5, 5.41) is 12.3. The van der Waals surface area contributed by atoms with Crippen molar-refractivity contribution in [2.45, 2.75) is 44.2 Å². The van der Waals surface area contributed by atoms with Crippen LogP contribution in [0.25, 0.3) is 0 Å². The van der Waals surface area contributed by atoms with Gasteiger partial charge in [-0.05, 0) is 52.0 Å². The number of sulfonamides is 1. The zero-order chi connectivity index (χ0) is 14.7. The predicted octanol–water partition coefficient (Wildman–Crippen LogP) is 1.56. The number of hydrogen-bond acceptors (Lipinski definition) is 4. The summed E-state index contributed by atoms with van der Waals surface area (Å²) in [7, 11) is -3.45. The highest BCUT2D eigenvalue weighted by atomic mass is 32.2. The van der Waals surface area contributed by atoms with Gasteiger partial charge in [-0.1, -0.05) is 0 Å². The van der Waals surface area contributed by atoms with Crippen molar-refractivity contribution in [3.8, 4) is 0 Å². The van der Waals surface area contributed by atoms with E-state index in [9.17, 15) is 8.42 Å². The molecule has 0 radical (unpaired) electrons. The zero-order valence-corrected chi connectivity index (χ0v) is 12.6. The SMILES string of the molecule is CC(C)NS(=O)(=O)c1ccc(NC(C)(C)CO)cc1. The summed E-state index contributed by atoms with van der Waals surface area (Å²) in [5.41, 5.74) is 0.318. The first-order chi connectivity index (χ1) is 8.66. The van der Waals surface area contributed by atoms with Crippen LogP contribution in [0.1, 0.15) is 27.7 Å². The van der Waals surface area contributed by atoms with E-state index < -0.39 is 15.6 Å². The average Bonchev–Trinajstić information content (AvgIpc) is 2.27. The highest BCUT2D eigenvalue weighted by Crippen LogP contribution is 2.18. The second-order valence-corrected chi connectivity index (χ2v) is 7.18. The number of aliphatic hydroxyl groups is 1. The van der Waals surface area contributed by atoms with Gasteiger partial charge in [0.1, 0.15) is 0 Å². The fourth-order valence-corrected chi connectivity index (χ4v) is 2.78. The summed E-state index contributed by atoms with van der Waals surface area (Å²) in [6, 6.07) is 6.32. The number of nitrogens with one attached hydrogen (secondary N) is 2. The lowest BCUT2D eigenvalue weighted by Crippen LogP contribution is -2.34. The van der Waals surface area contributed by atoms with Crippen molar-refractivity contribution in [3.05, 3.63) is 24.3 Å². The van der Waals surface area contributed by atoms with E-state index in [1.807, 2.05) is 13.8 Å². The van der Waals surface area contributed by atoms with Gasteiger partial charge in [0.2, 0.25) is 10.0 Å². The van der Waals surface area contributed by atoms with Crippen LogP contribution in [0, 0.1) is 0 Å². The molecule has 108 valence electrons. The summed E-state index contributed by atoms with van der Waals surface area (Å²) < 4.78 is 26.4. The first kappa shape index (κ1) is 15.9. The fraction of sp³-hybridized carbons (Fsp3) is 0.538. The van der Waals surface area contributed by atoms with Gasteiger partial charge in [-0.3, -0.25) is 0 Å². The van der Waals surface area contributed by atoms with Crippen molar-refractivity contribution in [1.29, 1.82) is 0 Å². The van der Waals surface area contributed by atoms with E-state index >= 15 is 0 Å². The third kappa shape index (κ3) is 4.81. The third-order valence-electron chi connectivity index (χ3n) is 2.43. The van der Waals surface area contributed by atoms with Crippen LogP contribution in [0.5, 0.6) is 0 Å². The summed E-state index contributed by atoms with van der Waals surface area (Å²) in [5.74, 6) is 0. The predicted molar refractivity (Wildman–Crippen MR) is 76.7 cm³/mol. The Morgan fingerprint density at radius 3 is 2.16 bits per heavy atom. The molecule has 0 unspecified atom stereocenters. The van der Waals surface area contributed by atoms with Gasteiger partial charge in [0, 0.05) is 11.7 Å². The molecule has 3 N–H and O–H groups in total. The Balaban J connectivity index is 2.88. The molecule has 6 heteroatoms. The van der Waals surface area contributed by atoms with Crippen molar-refractivity contribution in [1.82, 2.24) is 4.72 Å². The molecule has 0 saturated carbocycles. The Morgan fingerprint density at radius 2 is 1.74 bits per heavy atom. The monoisotopic (exact) mass is 286 g/mol. The molecular formula is C13H22N2O3S. The lowest BCUT2D eigenvalue weighted by molar-refractivity contribution is 0.234. The molecule has 0 bridgehead atoms. The molecule has 0 amide bonds. The topological polar surface area (TPSA) is 78.4 Å². The van der Waals surface area contributed by atoms with Gasteiger partial charge in [0.15, 0.2) is 0 Å². The molecule has 1 aromatic rings. The third-order valence-corrected chi connectivity index (χ3v) is 4.11. The minimum Gasteiger partial charge on any atom is -0.394 e. The fourth-order valence-electron chi connectivity index (χ4n) is 1.53. The van der Waals surface area contributed by atoms with Crippen LogP contribution in [0.3, 0.4) is 0 Å². The molecule has 0 atom stereocenters. The second kappa shape index (κ2) is 5.90. The molecule has 19 heavy (non-hydrogen) atoms. The van der Waals surface area contributed by atoms with Crippen molar-refractivity contribution in [2.24, 2.45) is 0 Å². The maximum absolute atomic E-state index is 11.9. The van der Waals surface area contributed by atoms with Gasteiger partial charge in [-0.25, -0.2) is 13.1 Å². The van der Waals surface area contributed by atoms with E-state index in [4.69, 9.17) is 5.11 Å². The minimum atomic E-state index is -3.45. The summed E-state index contributed by atoms with van der Waals surface area (Å²) in [6.07, 6.45) is 0. The number of rotatable bonds is 6. The van der Waals surface area contributed by atoms with Crippen molar-refractivity contribution in [2.75, 3.05) is 11.9 Å². The van der Waals surface area contributed by atoms with Crippen LogP contribution in [-0.2, 0) is 10.0 Å². The van der Waals surface area contributed by atoms with E-state index in [1.165, 1.54) is 0 Å². The van der Waals surface area contributed by atoms with Crippen LogP contribution in [0.15, 0.2) is 29.2 Å². The molecular weight excluding hydrogens is 264 g/mol. The molecule has 0 spiro atoms. The van der Waals surface area contributed by atoms with E-state index in [-0.39, 0.29) is 17.5 Å². The molecule has 0 saturated heterocycles. The van der Waals surface area contributed by atoms with E-state index in [1.54, 1.807) is 38.1 Å². The van der Waals surface area contributed by atoms with Gasteiger partial charge in [0.05, 0.1) is 17.0 Å². The largest absolute Gasteiger partial charge is 0.394 e. The van der Waals surface area contributed by atoms with Crippen LogP contribution >= 0.6 is 0 Å². The molecule has 0 aromatic heterocycles. The molecule has 1 rings (SSSR count). The second-order valence-electron chi connectivity index (χ2n) is 5.47. The van der Waals surface area contributed by atoms with Crippen molar-refractivity contribution < 1.29 is 13.5 Å². The standard InChI is InChI=1S/C13H22N2O3S/c1-10(2)15-19(17,18)12-7-5-11(6-8-12)14-13(3,4)9-16/h5-8,10,14-16H,9H2,1-4H3. The number of anilines is 1. The molecule has 0 fully saturated rings. The van der Waals surface area contributed by atoms with Crippen LogP contribution in [-0.4, -0.2) is 31.7 Å². The number of benzene rings is 1. The van der Waals surface area contributed by atoms with Crippen molar-refractivity contribution in [3.63, 3.8) is 0 Å². The Morgan fingerprint density at radius 1 is 1.21 bits per heavy atom. The lowest BCUT2D eigenvalue weighted by Gasteiger charge is -2.25. The normalized spacial score (nSPS) is 12.7. The maximum atomic E-state index is 11.9. The molecule has 0 aliphatic heterocycles. The zero-order valence-electron chi connectivity index (χ0n) is 11.8. The number of hydrogen-bond donors (Lipinski definition) is 3. The Bertz CT molecular complexity index is 507.